The van der Waals surface area contributed by atoms with Crippen LogP contribution in [0, 0.1) is 0 Å². The topological polar surface area (TPSA) is 75.6 Å². The largest absolute Gasteiger partial charge is 0.478 e. The third kappa shape index (κ3) is 3.13. The first-order valence-corrected chi connectivity index (χ1v) is 7.09. The SMILES string of the molecule is O=C(O)/C=C/c1cccc(C(=O)NC2CC3CCC2O3)c1. The van der Waals surface area contributed by atoms with Crippen LogP contribution in [-0.2, 0) is 9.53 Å². The van der Waals surface area contributed by atoms with Gasteiger partial charge in [-0.05, 0) is 43.0 Å². The first-order valence-electron chi connectivity index (χ1n) is 7.09. The third-order valence-corrected chi connectivity index (χ3v) is 3.99. The van der Waals surface area contributed by atoms with Crippen molar-refractivity contribution in [2.75, 3.05) is 0 Å². The molecule has 2 heterocycles. The monoisotopic (exact) mass is 287 g/mol. The number of benzene rings is 1. The van der Waals surface area contributed by atoms with Crippen molar-refractivity contribution in [3.63, 3.8) is 0 Å². The number of fused-ring (bicyclic) bond motifs is 2. The summed E-state index contributed by atoms with van der Waals surface area (Å²) in [6.07, 6.45) is 5.96. The highest BCUT2D eigenvalue weighted by Crippen LogP contribution is 2.34. The molecule has 5 heteroatoms. The predicted octanol–water partition coefficient (Wildman–Crippen LogP) is 1.83. The van der Waals surface area contributed by atoms with Crippen LogP contribution in [0.4, 0.5) is 0 Å². The molecule has 110 valence electrons. The minimum absolute atomic E-state index is 0.0921. The Balaban J connectivity index is 1.67. The minimum atomic E-state index is -1.01. The molecule has 3 atom stereocenters. The van der Waals surface area contributed by atoms with Gasteiger partial charge in [-0.1, -0.05) is 12.1 Å². The molecule has 3 unspecified atom stereocenters. The lowest BCUT2D eigenvalue weighted by atomic mass is 9.95. The van der Waals surface area contributed by atoms with Gasteiger partial charge >= 0.3 is 5.97 Å². The van der Waals surface area contributed by atoms with Gasteiger partial charge in [0.1, 0.15) is 0 Å². The molecule has 2 fully saturated rings. The molecule has 21 heavy (non-hydrogen) atoms. The molecule has 0 radical (unpaired) electrons. The van der Waals surface area contributed by atoms with Gasteiger partial charge in [-0.3, -0.25) is 4.79 Å². The molecular weight excluding hydrogens is 270 g/mol. The Hall–Kier alpha value is -2.14. The Morgan fingerprint density at radius 1 is 1.33 bits per heavy atom. The fraction of sp³-hybridized carbons (Fsp3) is 0.375. The lowest BCUT2D eigenvalue weighted by Crippen LogP contribution is -2.41. The average molecular weight is 287 g/mol. The average Bonchev–Trinajstić information content (AvgIpc) is 3.08. The molecule has 1 aromatic carbocycles. The summed E-state index contributed by atoms with van der Waals surface area (Å²) in [5, 5.41) is 11.6. The Kier molecular flexibility index (Phi) is 3.75. The van der Waals surface area contributed by atoms with Crippen LogP contribution >= 0.6 is 0 Å². The highest BCUT2D eigenvalue weighted by atomic mass is 16.5. The number of rotatable bonds is 4. The van der Waals surface area contributed by atoms with E-state index in [9.17, 15) is 9.59 Å². The van der Waals surface area contributed by atoms with Crippen LogP contribution in [0.5, 0.6) is 0 Å². The van der Waals surface area contributed by atoms with Gasteiger partial charge in [-0.2, -0.15) is 0 Å². The highest BCUT2D eigenvalue weighted by molar-refractivity contribution is 5.95. The quantitative estimate of drug-likeness (QED) is 0.828. The molecule has 0 aromatic heterocycles. The van der Waals surface area contributed by atoms with Crippen LogP contribution in [0.25, 0.3) is 6.08 Å². The second-order valence-electron chi connectivity index (χ2n) is 5.49. The summed E-state index contributed by atoms with van der Waals surface area (Å²) < 4.78 is 5.72. The number of nitrogens with one attached hydrogen (secondary N) is 1. The van der Waals surface area contributed by atoms with Gasteiger partial charge < -0.3 is 15.2 Å². The maximum Gasteiger partial charge on any atom is 0.328 e. The molecule has 2 N–H and O–H groups in total. The molecule has 2 saturated heterocycles. The van der Waals surface area contributed by atoms with Crippen molar-refractivity contribution >= 4 is 18.0 Å². The first-order chi connectivity index (χ1) is 10.1. The molecule has 5 nitrogen and oxygen atoms in total. The number of carboxylic acids is 1. The molecule has 2 bridgehead atoms. The van der Waals surface area contributed by atoms with E-state index < -0.39 is 5.97 Å². The van der Waals surface area contributed by atoms with Gasteiger partial charge in [0.15, 0.2) is 0 Å². The fourth-order valence-corrected chi connectivity index (χ4v) is 2.99. The van der Waals surface area contributed by atoms with Gasteiger partial charge in [-0.15, -0.1) is 0 Å². The summed E-state index contributed by atoms with van der Waals surface area (Å²) >= 11 is 0. The van der Waals surface area contributed by atoms with Crippen molar-refractivity contribution in [1.29, 1.82) is 0 Å². The number of amides is 1. The zero-order chi connectivity index (χ0) is 14.8. The second kappa shape index (κ2) is 5.69. The van der Waals surface area contributed by atoms with Crippen molar-refractivity contribution in [1.82, 2.24) is 5.32 Å². The summed E-state index contributed by atoms with van der Waals surface area (Å²) in [6, 6.07) is 7.00. The van der Waals surface area contributed by atoms with Gasteiger partial charge in [0, 0.05) is 11.6 Å². The molecule has 3 rings (SSSR count). The molecule has 0 saturated carbocycles. The maximum absolute atomic E-state index is 12.3. The van der Waals surface area contributed by atoms with E-state index in [-0.39, 0.29) is 18.1 Å². The highest BCUT2D eigenvalue weighted by Gasteiger charge is 2.41. The first kappa shape index (κ1) is 13.8. The van der Waals surface area contributed by atoms with Gasteiger partial charge in [0.05, 0.1) is 18.2 Å². The van der Waals surface area contributed by atoms with E-state index >= 15 is 0 Å². The number of carbonyl (C=O) groups excluding carboxylic acids is 1. The summed E-state index contributed by atoms with van der Waals surface area (Å²) in [7, 11) is 0. The van der Waals surface area contributed by atoms with Crippen LogP contribution < -0.4 is 5.32 Å². The van der Waals surface area contributed by atoms with Crippen molar-refractivity contribution in [2.45, 2.75) is 37.5 Å². The van der Waals surface area contributed by atoms with E-state index in [1.54, 1.807) is 24.3 Å². The number of carboxylic acid groups (broad SMARTS) is 1. The van der Waals surface area contributed by atoms with Gasteiger partial charge in [-0.25, -0.2) is 4.79 Å². The van der Waals surface area contributed by atoms with Crippen LogP contribution in [0.2, 0.25) is 0 Å². The summed E-state index contributed by atoms with van der Waals surface area (Å²) in [4.78, 5) is 22.8. The fourth-order valence-electron chi connectivity index (χ4n) is 2.99. The van der Waals surface area contributed by atoms with E-state index in [2.05, 4.69) is 5.32 Å². The summed E-state index contributed by atoms with van der Waals surface area (Å²) in [6.45, 7) is 0. The van der Waals surface area contributed by atoms with Crippen molar-refractivity contribution in [3.8, 4) is 0 Å². The molecule has 1 aromatic rings. The van der Waals surface area contributed by atoms with E-state index in [4.69, 9.17) is 9.84 Å². The zero-order valence-corrected chi connectivity index (χ0v) is 11.5. The van der Waals surface area contributed by atoms with Crippen LogP contribution in [0.3, 0.4) is 0 Å². The molecular formula is C16H17NO4. The van der Waals surface area contributed by atoms with Crippen molar-refractivity contribution in [3.05, 3.63) is 41.5 Å². The predicted molar refractivity (Wildman–Crippen MR) is 76.9 cm³/mol. The Bertz CT molecular complexity index is 596. The van der Waals surface area contributed by atoms with Crippen LogP contribution in [0.1, 0.15) is 35.2 Å². The van der Waals surface area contributed by atoms with Crippen LogP contribution in [0.15, 0.2) is 30.3 Å². The van der Waals surface area contributed by atoms with Gasteiger partial charge in [0.2, 0.25) is 0 Å². The zero-order valence-electron chi connectivity index (χ0n) is 11.5. The molecule has 0 spiro atoms. The number of hydrogen-bond acceptors (Lipinski definition) is 3. The smallest absolute Gasteiger partial charge is 0.328 e. The maximum atomic E-state index is 12.3. The van der Waals surface area contributed by atoms with E-state index in [1.165, 1.54) is 6.08 Å². The third-order valence-electron chi connectivity index (χ3n) is 3.99. The Morgan fingerprint density at radius 3 is 2.86 bits per heavy atom. The van der Waals surface area contributed by atoms with Crippen molar-refractivity contribution in [2.24, 2.45) is 0 Å². The number of carbonyl (C=O) groups is 2. The lowest BCUT2D eigenvalue weighted by molar-refractivity contribution is -0.131. The number of aliphatic carboxylic acids is 1. The van der Waals surface area contributed by atoms with Crippen LogP contribution in [-0.4, -0.2) is 35.2 Å². The molecule has 2 aliphatic heterocycles. The number of ether oxygens (including phenoxy) is 1. The Labute approximate surface area is 122 Å². The molecule has 2 aliphatic rings. The summed E-state index contributed by atoms with van der Waals surface area (Å²) in [5.74, 6) is -1.15. The van der Waals surface area contributed by atoms with E-state index in [1.807, 2.05) is 0 Å². The second-order valence-corrected chi connectivity index (χ2v) is 5.49. The molecule has 0 aliphatic carbocycles. The lowest BCUT2D eigenvalue weighted by Gasteiger charge is -2.20. The number of hydrogen-bond donors (Lipinski definition) is 2. The Morgan fingerprint density at radius 2 is 2.19 bits per heavy atom. The normalized spacial score (nSPS) is 27.1. The molecule has 1 amide bonds. The standard InChI is InChI=1S/C16H17NO4/c18-15(19)7-4-10-2-1-3-11(8-10)16(20)17-13-9-12-5-6-14(13)21-12/h1-4,7-8,12-14H,5-6,9H2,(H,17,20)(H,18,19)/b7-4+. The van der Waals surface area contributed by atoms with E-state index in [0.29, 0.717) is 17.2 Å². The van der Waals surface area contributed by atoms with E-state index in [0.717, 1.165) is 25.3 Å². The van der Waals surface area contributed by atoms with Crippen molar-refractivity contribution < 1.29 is 19.4 Å². The summed E-state index contributed by atoms with van der Waals surface area (Å²) in [5.41, 5.74) is 1.22. The minimum Gasteiger partial charge on any atom is -0.478 e. The van der Waals surface area contributed by atoms with Gasteiger partial charge in [0.25, 0.3) is 5.91 Å².